The molecule has 1 N–H and O–H groups in total. The van der Waals surface area contributed by atoms with Crippen LogP contribution in [0.5, 0.6) is 0 Å². The van der Waals surface area contributed by atoms with Crippen molar-refractivity contribution >= 4 is 15.7 Å². The molecule has 0 amide bonds. The Morgan fingerprint density at radius 2 is 1.71 bits per heavy atom. The minimum Gasteiger partial charge on any atom is -0.385 e. The van der Waals surface area contributed by atoms with Crippen molar-refractivity contribution in [3.8, 4) is 0 Å². The summed E-state index contributed by atoms with van der Waals surface area (Å²) in [5.41, 5.74) is 0.954. The predicted molar refractivity (Wildman–Crippen MR) is 84.0 cm³/mol. The smallest absolute Gasteiger partial charge is 0.243 e. The van der Waals surface area contributed by atoms with Gasteiger partial charge in [0, 0.05) is 44.5 Å². The topological polar surface area (TPSA) is 52.7 Å². The van der Waals surface area contributed by atoms with Gasteiger partial charge in [0.15, 0.2) is 0 Å². The lowest BCUT2D eigenvalue weighted by Gasteiger charge is -2.34. The highest BCUT2D eigenvalue weighted by Crippen LogP contribution is 2.28. The van der Waals surface area contributed by atoms with E-state index in [0.29, 0.717) is 24.0 Å². The molecule has 0 atom stereocenters. The zero-order valence-corrected chi connectivity index (χ0v) is 13.3. The van der Waals surface area contributed by atoms with E-state index in [-0.39, 0.29) is 0 Å². The third-order valence-corrected chi connectivity index (χ3v) is 6.12. The van der Waals surface area contributed by atoms with E-state index in [0.717, 1.165) is 25.3 Å². The van der Waals surface area contributed by atoms with E-state index in [1.807, 2.05) is 19.1 Å². The number of hydrogen-bond donors (Lipinski definition) is 1. The minimum atomic E-state index is -3.34. The van der Waals surface area contributed by atoms with Crippen LogP contribution in [0.2, 0.25) is 0 Å². The molecule has 5 nitrogen and oxygen atoms in total. The molecular formula is C15H23N3O2S. The van der Waals surface area contributed by atoms with Crippen LogP contribution in [0, 0.1) is 0 Å². The average molecular weight is 309 g/mol. The van der Waals surface area contributed by atoms with Crippen molar-refractivity contribution in [2.45, 2.75) is 30.7 Å². The molecule has 0 radical (unpaired) electrons. The third kappa shape index (κ3) is 3.22. The van der Waals surface area contributed by atoms with E-state index in [9.17, 15) is 8.42 Å². The Morgan fingerprint density at radius 3 is 2.24 bits per heavy atom. The Morgan fingerprint density at radius 1 is 1.10 bits per heavy atom. The third-order valence-electron chi connectivity index (χ3n) is 4.21. The first-order chi connectivity index (χ1) is 10.1. The molecule has 3 rings (SSSR count). The molecule has 1 aromatic rings. The molecule has 0 aromatic heterocycles. The van der Waals surface area contributed by atoms with Crippen LogP contribution in [0.1, 0.15) is 19.8 Å². The van der Waals surface area contributed by atoms with Gasteiger partial charge in [0.05, 0.1) is 4.90 Å². The molecule has 0 spiro atoms. The van der Waals surface area contributed by atoms with Gasteiger partial charge < -0.3 is 5.32 Å². The van der Waals surface area contributed by atoms with Gasteiger partial charge in [-0.3, -0.25) is 4.90 Å². The summed E-state index contributed by atoms with van der Waals surface area (Å²) in [6.07, 6.45) is 2.55. The van der Waals surface area contributed by atoms with Crippen LogP contribution in [0.4, 0.5) is 5.69 Å². The maximum Gasteiger partial charge on any atom is 0.243 e. The first-order valence-corrected chi connectivity index (χ1v) is 9.13. The molecule has 1 aliphatic heterocycles. The minimum absolute atomic E-state index is 0.393. The normalized spacial score (nSPS) is 21.4. The van der Waals surface area contributed by atoms with E-state index in [1.165, 1.54) is 12.8 Å². The summed E-state index contributed by atoms with van der Waals surface area (Å²) in [6.45, 7) is 5.78. The number of anilines is 1. The van der Waals surface area contributed by atoms with Crippen molar-refractivity contribution in [2.24, 2.45) is 0 Å². The fourth-order valence-corrected chi connectivity index (χ4v) is 4.27. The highest BCUT2D eigenvalue weighted by Gasteiger charge is 2.34. The van der Waals surface area contributed by atoms with Gasteiger partial charge in [-0.05, 0) is 44.0 Å². The van der Waals surface area contributed by atoms with Crippen LogP contribution in [-0.4, -0.2) is 56.4 Å². The first kappa shape index (κ1) is 14.8. The summed E-state index contributed by atoms with van der Waals surface area (Å²) >= 11 is 0. The summed E-state index contributed by atoms with van der Waals surface area (Å²) in [5.74, 6) is 0. The highest BCUT2D eigenvalue weighted by atomic mass is 32.2. The second-order valence-electron chi connectivity index (χ2n) is 5.73. The lowest BCUT2D eigenvalue weighted by atomic mass is 10.3. The van der Waals surface area contributed by atoms with Crippen LogP contribution in [0.15, 0.2) is 29.2 Å². The molecule has 1 heterocycles. The number of hydrogen-bond acceptors (Lipinski definition) is 4. The van der Waals surface area contributed by atoms with E-state index >= 15 is 0 Å². The molecular weight excluding hydrogens is 286 g/mol. The summed E-state index contributed by atoms with van der Waals surface area (Å²) in [4.78, 5) is 2.81. The van der Waals surface area contributed by atoms with Crippen molar-refractivity contribution < 1.29 is 8.42 Å². The van der Waals surface area contributed by atoms with Gasteiger partial charge in [-0.25, -0.2) is 8.42 Å². The number of nitrogens with one attached hydrogen (secondary N) is 1. The van der Waals surface area contributed by atoms with E-state index in [1.54, 1.807) is 16.4 Å². The Balaban J connectivity index is 1.68. The van der Waals surface area contributed by atoms with Gasteiger partial charge >= 0.3 is 0 Å². The number of piperazine rings is 1. The molecule has 21 heavy (non-hydrogen) atoms. The number of nitrogens with zero attached hydrogens (tertiary/aromatic N) is 2. The Hall–Kier alpha value is -1.11. The molecule has 6 heteroatoms. The second-order valence-corrected chi connectivity index (χ2v) is 7.66. The van der Waals surface area contributed by atoms with Crippen LogP contribution >= 0.6 is 0 Å². The van der Waals surface area contributed by atoms with Crippen molar-refractivity contribution in [1.29, 1.82) is 0 Å². The SMILES string of the molecule is CCNc1ccc(S(=O)(=O)N2CCN(C3CC3)CC2)cc1. The standard InChI is InChI=1S/C15H23N3O2S/c1-2-16-13-3-7-15(8-4-13)21(19,20)18-11-9-17(10-12-18)14-5-6-14/h3-4,7-8,14,16H,2,5-6,9-12H2,1H3. The fraction of sp³-hybridized carbons (Fsp3) is 0.600. The second kappa shape index (κ2) is 5.94. The van der Waals surface area contributed by atoms with Crippen LogP contribution < -0.4 is 5.32 Å². The fourth-order valence-electron chi connectivity index (χ4n) is 2.85. The van der Waals surface area contributed by atoms with Crippen molar-refractivity contribution in [3.63, 3.8) is 0 Å². The zero-order chi connectivity index (χ0) is 14.9. The Bertz CT molecular complexity index is 573. The van der Waals surface area contributed by atoms with Gasteiger partial charge in [0.25, 0.3) is 0 Å². The molecule has 0 unspecified atom stereocenters. The molecule has 116 valence electrons. The van der Waals surface area contributed by atoms with E-state index in [4.69, 9.17) is 0 Å². The molecule has 2 aliphatic rings. The number of sulfonamides is 1. The Labute approximate surface area is 127 Å². The molecule has 1 aromatic carbocycles. The summed E-state index contributed by atoms with van der Waals surface area (Å²) < 4.78 is 26.9. The molecule has 2 fully saturated rings. The highest BCUT2D eigenvalue weighted by molar-refractivity contribution is 7.89. The summed E-state index contributed by atoms with van der Waals surface area (Å²) in [5, 5.41) is 3.18. The van der Waals surface area contributed by atoms with E-state index < -0.39 is 10.0 Å². The Kier molecular flexibility index (Phi) is 4.19. The molecule has 1 aliphatic carbocycles. The maximum absolute atomic E-state index is 12.6. The predicted octanol–water partition coefficient (Wildman–Crippen LogP) is 1.59. The van der Waals surface area contributed by atoms with Gasteiger partial charge in [-0.2, -0.15) is 4.31 Å². The van der Waals surface area contributed by atoms with Crippen molar-refractivity contribution in [3.05, 3.63) is 24.3 Å². The zero-order valence-electron chi connectivity index (χ0n) is 12.5. The van der Waals surface area contributed by atoms with Gasteiger partial charge in [0.2, 0.25) is 10.0 Å². The summed E-state index contributed by atoms with van der Waals surface area (Å²) in [6, 6.07) is 7.77. The summed E-state index contributed by atoms with van der Waals surface area (Å²) in [7, 11) is -3.34. The van der Waals surface area contributed by atoms with Gasteiger partial charge in [-0.15, -0.1) is 0 Å². The molecule has 1 saturated carbocycles. The lowest BCUT2D eigenvalue weighted by Crippen LogP contribution is -2.49. The van der Waals surface area contributed by atoms with Crippen molar-refractivity contribution in [1.82, 2.24) is 9.21 Å². The largest absolute Gasteiger partial charge is 0.385 e. The van der Waals surface area contributed by atoms with E-state index in [2.05, 4.69) is 10.2 Å². The number of benzene rings is 1. The lowest BCUT2D eigenvalue weighted by molar-refractivity contribution is 0.180. The van der Waals surface area contributed by atoms with Gasteiger partial charge in [-0.1, -0.05) is 0 Å². The van der Waals surface area contributed by atoms with Crippen molar-refractivity contribution in [2.75, 3.05) is 38.0 Å². The quantitative estimate of drug-likeness (QED) is 0.897. The molecule has 0 bridgehead atoms. The van der Waals surface area contributed by atoms with Crippen LogP contribution in [0.3, 0.4) is 0 Å². The maximum atomic E-state index is 12.6. The molecule has 1 saturated heterocycles. The monoisotopic (exact) mass is 309 g/mol. The first-order valence-electron chi connectivity index (χ1n) is 7.69. The van der Waals surface area contributed by atoms with Gasteiger partial charge in [0.1, 0.15) is 0 Å². The number of rotatable bonds is 5. The van der Waals surface area contributed by atoms with Crippen LogP contribution in [0.25, 0.3) is 0 Å². The average Bonchev–Trinajstić information content (AvgIpc) is 3.33. The van der Waals surface area contributed by atoms with Crippen LogP contribution in [-0.2, 0) is 10.0 Å².